The van der Waals surface area contributed by atoms with Gasteiger partial charge in [0.05, 0.1) is 12.1 Å². The number of carbonyl (C=O) groups is 2. The molecule has 274 valence electrons. The quantitative estimate of drug-likeness (QED) is 0.196. The van der Waals surface area contributed by atoms with E-state index in [-0.39, 0.29) is 18.2 Å². The lowest BCUT2D eigenvalue weighted by Crippen LogP contribution is -2.46. The van der Waals surface area contributed by atoms with E-state index in [4.69, 9.17) is 35.5 Å². The molecule has 3 heterocycles. The lowest BCUT2D eigenvalue weighted by molar-refractivity contribution is 0.00733. The van der Waals surface area contributed by atoms with Crippen LogP contribution in [0.3, 0.4) is 0 Å². The van der Waals surface area contributed by atoms with E-state index in [1.807, 2.05) is 87.7 Å². The van der Waals surface area contributed by atoms with Crippen molar-refractivity contribution in [1.29, 1.82) is 0 Å². The zero-order valence-electron chi connectivity index (χ0n) is 30.7. The Morgan fingerprint density at radius 3 is 2.34 bits per heavy atom. The molecule has 11 heteroatoms. The molecule has 2 aliphatic rings. The molecule has 5 rings (SSSR count). The second kappa shape index (κ2) is 16.6. The van der Waals surface area contributed by atoms with E-state index in [1.54, 1.807) is 0 Å². The Morgan fingerprint density at radius 1 is 0.860 bits per heavy atom. The number of carbonyl (C=O) groups excluding carboxylic acids is 2. The first kappa shape index (κ1) is 37.6. The number of imidazole rings is 1. The van der Waals surface area contributed by atoms with Crippen molar-refractivity contribution >= 4 is 34.8 Å². The molecule has 50 heavy (non-hydrogen) atoms. The van der Waals surface area contributed by atoms with Gasteiger partial charge in [-0.05, 0) is 129 Å². The van der Waals surface area contributed by atoms with Crippen molar-refractivity contribution in [2.45, 2.75) is 123 Å². The van der Waals surface area contributed by atoms with E-state index in [2.05, 4.69) is 10.6 Å². The Hall–Kier alpha value is -3.66. The summed E-state index contributed by atoms with van der Waals surface area (Å²) in [5.74, 6) is 2.66. The van der Waals surface area contributed by atoms with Gasteiger partial charge >= 0.3 is 12.2 Å². The third-order valence-electron chi connectivity index (χ3n) is 9.13. The van der Waals surface area contributed by atoms with E-state index in [9.17, 15) is 9.59 Å². The summed E-state index contributed by atoms with van der Waals surface area (Å²) in [7, 11) is 0. The molecule has 0 saturated carbocycles. The van der Waals surface area contributed by atoms with Gasteiger partial charge in [-0.3, -0.25) is 0 Å². The van der Waals surface area contributed by atoms with Crippen LogP contribution < -0.4 is 9.47 Å². The van der Waals surface area contributed by atoms with Crippen molar-refractivity contribution in [2.24, 2.45) is 5.92 Å². The normalized spacial score (nSPS) is 18.6. The van der Waals surface area contributed by atoms with E-state index < -0.39 is 11.2 Å². The van der Waals surface area contributed by atoms with E-state index in [1.165, 1.54) is 0 Å². The van der Waals surface area contributed by atoms with Crippen LogP contribution in [0.1, 0.15) is 98.7 Å². The van der Waals surface area contributed by atoms with E-state index >= 15 is 0 Å². The lowest BCUT2D eigenvalue weighted by Gasteiger charge is -2.36. The second-order valence-electron chi connectivity index (χ2n) is 15.6. The maximum Gasteiger partial charge on any atom is 0.410 e. The number of halogens is 1. The monoisotopic (exact) mass is 710 g/mol. The Balaban J connectivity index is 1.27. The Morgan fingerprint density at radius 2 is 1.60 bits per heavy atom. The van der Waals surface area contributed by atoms with Crippen molar-refractivity contribution in [3.8, 4) is 11.5 Å². The van der Waals surface area contributed by atoms with Crippen molar-refractivity contribution in [2.75, 3.05) is 26.2 Å². The summed E-state index contributed by atoms with van der Waals surface area (Å²) < 4.78 is 26.2. The molecule has 2 fully saturated rings. The maximum absolute atomic E-state index is 12.9. The smallest absolute Gasteiger partial charge is 0.410 e. The number of para-hydroxylation sites is 1. The summed E-state index contributed by atoms with van der Waals surface area (Å²) >= 11 is 6.10. The van der Waals surface area contributed by atoms with Gasteiger partial charge in [0.2, 0.25) is 0 Å². The minimum atomic E-state index is -0.532. The Bertz CT molecular complexity index is 1580. The Labute approximate surface area is 302 Å². The average molecular weight is 711 g/mol. The number of rotatable bonds is 11. The lowest BCUT2D eigenvalue weighted by atomic mass is 9.93. The minimum absolute atomic E-state index is 0.0738. The van der Waals surface area contributed by atoms with Crippen LogP contribution in [0.2, 0.25) is 5.02 Å². The fourth-order valence-corrected chi connectivity index (χ4v) is 6.95. The van der Waals surface area contributed by atoms with Gasteiger partial charge in [0.25, 0.3) is 0 Å². The highest BCUT2D eigenvalue weighted by molar-refractivity contribution is 6.30. The predicted octanol–water partition coefficient (Wildman–Crippen LogP) is 9.25. The maximum atomic E-state index is 12.9. The highest BCUT2D eigenvalue weighted by Crippen LogP contribution is 2.30. The summed E-state index contributed by atoms with van der Waals surface area (Å²) in [5.41, 5.74) is 0.749. The number of aromatic nitrogens is 2. The fraction of sp³-hybridized carbons (Fsp3) is 0.615. The first-order valence-corrected chi connectivity index (χ1v) is 18.6. The standard InChI is InChI=1S/C39H55ClN4O6/c1-38(2,3)49-36(45)42-22-10-12-28(26-42)13-11-24-44-32-15-9-16-33(35(32)41-34(44)27-48-31-19-17-29(40)18-20-31)47-25-21-30-14-7-8-23-43(30)37(46)50-39(4,5)6/h9,15-20,28,30H,7-8,10-14,21-27H2,1-6H3. The number of aryl methyl sites for hydroxylation is 1. The molecule has 2 aliphatic heterocycles. The van der Waals surface area contributed by atoms with Crippen molar-refractivity contribution in [3.63, 3.8) is 0 Å². The summed E-state index contributed by atoms with van der Waals surface area (Å²) in [4.78, 5) is 34.5. The molecule has 0 spiro atoms. The van der Waals surface area contributed by atoms with Crippen molar-refractivity contribution < 1.29 is 28.5 Å². The molecule has 2 amide bonds. The van der Waals surface area contributed by atoms with Crippen LogP contribution in [0.15, 0.2) is 42.5 Å². The fourth-order valence-electron chi connectivity index (χ4n) is 6.82. The zero-order chi connectivity index (χ0) is 35.9. The van der Waals surface area contributed by atoms with Gasteiger partial charge in [-0.25, -0.2) is 14.6 Å². The molecule has 0 aliphatic carbocycles. The molecule has 0 N–H and O–H groups in total. The van der Waals surface area contributed by atoms with Crippen LogP contribution in [0.25, 0.3) is 11.0 Å². The molecule has 10 nitrogen and oxygen atoms in total. The number of hydrogen-bond donors (Lipinski definition) is 0. The number of benzene rings is 2. The predicted molar refractivity (Wildman–Crippen MR) is 196 cm³/mol. The summed E-state index contributed by atoms with van der Waals surface area (Å²) in [6.45, 7) is 15.1. The number of ether oxygens (including phenoxy) is 4. The van der Waals surface area contributed by atoms with Crippen molar-refractivity contribution in [3.05, 3.63) is 53.3 Å². The molecule has 2 aromatic carbocycles. The number of hydrogen-bond acceptors (Lipinski definition) is 7. The summed E-state index contributed by atoms with van der Waals surface area (Å²) in [6.07, 6.45) is 7.24. The molecular formula is C39H55ClN4O6. The van der Waals surface area contributed by atoms with Crippen LogP contribution in [-0.4, -0.2) is 75.0 Å². The molecule has 0 radical (unpaired) electrons. The van der Waals surface area contributed by atoms with Crippen LogP contribution in [0.5, 0.6) is 11.5 Å². The molecule has 2 atom stereocenters. The van der Waals surface area contributed by atoms with Gasteiger partial charge in [-0.1, -0.05) is 17.7 Å². The average Bonchev–Trinajstić information content (AvgIpc) is 3.41. The van der Waals surface area contributed by atoms with Crippen molar-refractivity contribution in [1.82, 2.24) is 19.4 Å². The van der Waals surface area contributed by atoms with Crippen LogP contribution in [0.4, 0.5) is 9.59 Å². The SMILES string of the molecule is CC(C)(C)OC(=O)N1CCCC(CCCn2c(COc3ccc(Cl)cc3)nc3c(OCCC4CCCCN4C(=O)OC(C)(C)C)cccc32)C1. The molecule has 2 unspecified atom stereocenters. The van der Waals surface area contributed by atoms with E-state index in [0.29, 0.717) is 42.9 Å². The third kappa shape index (κ3) is 10.7. The van der Waals surface area contributed by atoms with Gasteiger partial charge in [0.1, 0.15) is 40.6 Å². The van der Waals surface area contributed by atoms with Crippen LogP contribution in [-0.2, 0) is 22.6 Å². The topological polar surface area (TPSA) is 95.4 Å². The minimum Gasteiger partial charge on any atom is -0.491 e. The van der Waals surface area contributed by atoms with Gasteiger partial charge in [0, 0.05) is 43.7 Å². The first-order valence-electron chi connectivity index (χ1n) is 18.2. The van der Waals surface area contributed by atoms with Gasteiger partial charge < -0.3 is 33.3 Å². The number of nitrogens with zero attached hydrogens (tertiary/aromatic N) is 4. The summed E-state index contributed by atoms with van der Waals surface area (Å²) in [6, 6.07) is 13.5. The third-order valence-corrected chi connectivity index (χ3v) is 9.38. The van der Waals surface area contributed by atoms with E-state index in [0.717, 1.165) is 87.2 Å². The highest BCUT2D eigenvalue weighted by Gasteiger charge is 2.31. The number of amides is 2. The first-order chi connectivity index (χ1) is 23.8. The molecule has 0 bridgehead atoms. The van der Waals surface area contributed by atoms with Gasteiger partial charge in [-0.15, -0.1) is 0 Å². The van der Waals surface area contributed by atoms with Gasteiger partial charge in [0.15, 0.2) is 0 Å². The number of likely N-dealkylation sites (tertiary alicyclic amines) is 2. The second-order valence-corrected chi connectivity index (χ2v) is 16.0. The zero-order valence-corrected chi connectivity index (χ0v) is 31.5. The summed E-state index contributed by atoms with van der Waals surface area (Å²) in [5, 5.41) is 0.654. The molecule has 3 aromatic rings. The van der Waals surface area contributed by atoms with Crippen LogP contribution >= 0.6 is 11.6 Å². The largest absolute Gasteiger partial charge is 0.491 e. The number of fused-ring (bicyclic) bond motifs is 1. The molecular weight excluding hydrogens is 656 g/mol. The van der Waals surface area contributed by atoms with Crippen LogP contribution in [0, 0.1) is 5.92 Å². The molecule has 1 aromatic heterocycles. The highest BCUT2D eigenvalue weighted by atomic mass is 35.5. The van der Waals surface area contributed by atoms with Gasteiger partial charge in [-0.2, -0.15) is 0 Å². The Kier molecular flexibility index (Phi) is 12.5. The molecule has 2 saturated heterocycles. The number of piperidine rings is 2.